The monoisotopic (exact) mass is 241 g/mol. The van der Waals surface area contributed by atoms with Gasteiger partial charge in [-0.25, -0.2) is 0 Å². The van der Waals surface area contributed by atoms with Gasteiger partial charge in [0.2, 0.25) is 0 Å². The predicted molar refractivity (Wildman–Crippen MR) is 62.6 cm³/mol. The molecule has 0 saturated carbocycles. The van der Waals surface area contributed by atoms with Crippen molar-refractivity contribution in [1.29, 1.82) is 0 Å². The van der Waals surface area contributed by atoms with Crippen LogP contribution < -0.4 is 0 Å². The molecule has 88 valence electrons. The Morgan fingerprint density at radius 2 is 2.50 bits per heavy atom. The van der Waals surface area contributed by atoms with Crippen molar-refractivity contribution in [2.24, 2.45) is 13.0 Å². The van der Waals surface area contributed by atoms with E-state index in [0.717, 1.165) is 25.9 Å². The topological polar surface area (TPSA) is 38.1 Å². The van der Waals surface area contributed by atoms with Crippen LogP contribution in [0, 0.1) is 5.92 Å². The van der Waals surface area contributed by atoms with Gasteiger partial charge in [-0.1, -0.05) is 0 Å². The largest absolute Gasteiger partial charge is 0.338 e. The molecule has 1 aromatic rings. The Balaban J connectivity index is 1.97. The molecule has 0 aliphatic carbocycles. The lowest BCUT2D eigenvalue weighted by atomic mass is 10.1. The van der Waals surface area contributed by atoms with Crippen LogP contribution in [0.1, 0.15) is 23.2 Å². The number of aromatic nitrogens is 2. The number of likely N-dealkylation sites (tertiary alicyclic amines) is 1. The first kappa shape index (κ1) is 11.5. The van der Waals surface area contributed by atoms with Crippen molar-refractivity contribution in [2.75, 3.05) is 19.0 Å². The SMILES string of the molecule is Cn1cc(C(=O)N2CCC(CCCl)C2)cn1. The maximum Gasteiger partial charge on any atom is 0.257 e. The van der Waals surface area contributed by atoms with Gasteiger partial charge in [0.05, 0.1) is 11.8 Å². The number of nitrogens with zero attached hydrogens (tertiary/aromatic N) is 3. The molecule has 16 heavy (non-hydrogen) atoms. The molecule has 0 radical (unpaired) electrons. The van der Waals surface area contributed by atoms with Crippen molar-refractivity contribution in [3.63, 3.8) is 0 Å². The predicted octanol–water partition coefficient (Wildman–Crippen LogP) is 1.51. The van der Waals surface area contributed by atoms with E-state index in [0.29, 0.717) is 17.4 Å². The molecule has 2 heterocycles. The standard InChI is InChI=1S/C11H16ClN3O/c1-14-8-10(6-13-14)11(16)15-5-3-9(7-15)2-4-12/h6,8-9H,2-5,7H2,1H3. The second kappa shape index (κ2) is 4.87. The normalized spacial score (nSPS) is 20.4. The summed E-state index contributed by atoms with van der Waals surface area (Å²) >= 11 is 5.71. The molecule has 2 rings (SSSR count). The Morgan fingerprint density at radius 1 is 1.69 bits per heavy atom. The minimum Gasteiger partial charge on any atom is -0.338 e. The molecule has 1 atom stereocenters. The first-order valence-corrected chi connectivity index (χ1v) is 6.08. The molecule has 1 aromatic heterocycles. The van der Waals surface area contributed by atoms with Crippen LogP contribution >= 0.6 is 11.6 Å². The Labute approximate surface area is 100 Å². The number of carbonyl (C=O) groups excluding carboxylic acids is 1. The van der Waals surface area contributed by atoms with E-state index in [1.807, 2.05) is 11.9 Å². The van der Waals surface area contributed by atoms with Crippen molar-refractivity contribution < 1.29 is 4.79 Å². The molecule has 4 nitrogen and oxygen atoms in total. The quantitative estimate of drug-likeness (QED) is 0.753. The second-order valence-electron chi connectivity index (χ2n) is 4.29. The molecule has 1 saturated heterocycles. The van der Waals surface area contributed by atoms with Crippen LogP contribution in [0.2, 0.25) is 0 Å². The average molecular weight is 242 g/mol. The first-order valence-electron chi connectivity index (χ1n) is 5.54. The number of alkyl halides is 1. The molecule has 5 heteroatoms. The Kier molecular flexibility index (Phi) is 3.49. The highest BCUT2D eigenvalue weighted by molar-refractivity contribution is 6.17. The summed E-state index contributed by atoms with van der Waals surface area (Å²) in [6.45, 7) is 1.68. The Bertz CT molecular complexity index is 377. The van der Waals surface area contributed by atoms with Gasteiger partial charge in [-0.2, -0.15) is 5.10 Å². The molecular weight excluding hydrogens is 226 g/mol. The van der Waals surface area contributed by atoms with Crippen molar-refractivity contribution in [2.45, 2.75) is 12.8 Å². The zero-order chi connectivity index (χ0) is 11.5. The summed E-state index contributed by atoms with van der Waals surface area (Å²) in [6.07, 6.45) is 5.45. The summed E-state index contributed by atoms with van der Waals surface area (Å²) in [6, 6.07) is 0. The van der Waals surface area contributed by atoms with E-state index in [1.54, 1.807) is 17.1 Å². The second-order valence-corrected chi connectivity index (χ2v) is 4.66. The first-order chi connectivity index (χ1) is 7.70. The van der Waals surface area contributed by atoms with Gasteiger partial charge in [0, 0.05) is 32.2 Å². The van der Waals surface area contributed by atoms with Crippen LogP contribution in [0.5, 0.6) is 0 Å². The number of hydrogen-bond donors (Lipinski definition) is 0. The number of rotatable bonds is 3. The number of hydrogen-bond acceptors (Lipinski definition) is 2. The maximum atomic E-state index is 12.0. The van der Waals surface area contributed by atoms with Gasteiger partial charge < -0.3 is 4.90 Å². The smallest absolute Gasteiger partial charge is 0.257 e. The maximum absolute atomic E-state index is 12.0. The molecule has 0 bridgehead atoms. The zero-order valence-electron chi connectivity index (χ0n) is 9.40. The van der Waals surface area contributed by atoms with Gasteiger partial charge in [-0.05, 0) is 18.8 Å². The summed E-state index contributed by atoms with van der Waals surface area (Å²) in [5.74, 6) is 1.34. The third kappa shape index (κ3) is 2.38. The van der Waals surface area contributed by atoms with Gasteiger partial charge >= 0.3 is 0 Å². The summed E-state index contributed by atoms with van der Waals surface area (Å²) in [5, 5.41) is 4.01. The third-order valence-corrected chi connectivity index (χ3v) is 3.26. The fourth-order valence-corrected chi connectivity index (χ4v) is 2.43. The lowest BCUT2D eigenvalue weighted by Gasteiger charge is -2.15. The van der Waals surface area contributed by atoms with Crippen molar-refractivity contribution in [3.8, 4) is 0 Å². The van der Waals surface area contributed by atoms with Crippen molar-refractivity contribution in [3.05, 3.63) is 18.0 Å². The molecule has 0 spiro atoms. The van der Waals surface area contributed by atoms with Crippen molar-refractivity contribution in [1.82, 2.24) is 14.7 Å². The van der Waals surface area contributed by atoms with Crippen molar-refractivity contribution >= 4 is 17.5 Å². The molecule has 1 aliphatic rings. The van der Waals surface area contributed by atoms with E-state index in [-0.39, 0.29) is 5.91 Å². The van der Waals surface area contributed by atoms with Gasteiger partial charge in [0.1, 0.15) is 0 Å². The highest BCUT2D eigenvalue weighted by Gasteiger charge is 2.26. The number of carbonyl (C=O) groups is 1. The Morgan fingerprint density at radius 3 is 3.12 bits per heavy atom. The van der Waals surface area contributed by atoms with Crippen LogP contribution in [0.25, 0.3) is 0 Å². The molecule has 0 N–H and O–H groups in total. The number of amides is 1. The number of aryl methyl sites for hydroxylation is 1. The molecule has 1 amide bonds. The summed E-state index contributed by atoms with van der Waals surface area (Å²) < 4.78 is 1.65. The van der Waals surface area contributed by atoms with E-state index in [1.165, 1.54) is 0 Å². The van der Waals surface area contributed by atoms with E-state index in [4.69, 9.17) is 11.6 Å². The molecule has 1 fully saturated rings. The van der Waals surface area contributed by atoms with E-state index >= 15 is 0 Å². The zero-order valence-corrected chi connectivity index (χ0v) is 10.2. The minimum absolute atomic E-state index is 0.0881. The summed E-state index contributed by atoms with van der Waals surface area (Å²) in [7, 11) is 1.82. The van der Waals surface area contributed by atoms with Crippen LogP contribution in [-0.4, -0.2) is 39.6 Å². The molecule has 0 aromatic carbocycles. The van der Waals surface area contributed by atoms with Crippen LogP contribution in [0.3, 0.4) is 0 Å². The van der Waals surface area contributed by atoms with Gasteiger partial charge in [-0.3, -0.25) is 9.48 Å². The average Bonchev–Trinajstić information content (AvgIpc) is 2.87. The molecule has 1 aliphatic heterocycles. The van der Waals surface area contributed by atoms with E-state index < -0.39 is 0 Å². The lowest BCUT2D eigenvalue weighted by Crippen LogP contribution is -2.28. The fraction of sp³-hybridized carbons (Fsp3) is 0.636. The highest BCUT2D eigenvalue weighted by atomic mass is 35.5. The van der Waals surface area contributed by atoms with Gasteiger partial charge in [0.15, 0.2) is 0 Å². The third-order valence-electron chi connectivity index (χ3n) is 3.04. The fourth-order valence-electron chi connectivity index (χ4n) is 2.12. The number of halogens is 1. The van der Waals surface area contributed by atoms with Gasteiger partial charge in [-0.15, -0.1) is 11.6 Å². The van der Waals surface area contributed by atoms with Gasteiger partial charge in [0.25, 0.3) is 5.91 Å². The molecular formula is C11H16ClN3O. The van der Waals surface area contributed by atoms with Crippen LogP contribution in [-0.2, 0) is 7.05 Å². The minimum atomic E-state index is 0.0881. The Hall–Kier alpha value is -1.03. The highest BCUT2D eigenvalue weighted by Crippen LogP contribution is 2.21. The van der Waals surface area contributed by atoms with Crippen LogP contribution in [0.4, 0.5) is 0 Å². The lowest BCUT2D eigenvalue weighted by molar-refractivity contribution is 0.0787. The summed E-state index contributed by atoms with van der Waals surface area (Å²) in [5.41, 5.74) is 0.675. The van der Waals surface area contributed by atoms with E-state index in [9.17, 15) is 4.79 Å². The summed E-state index contributed by atoms with van der Waals surface area (Å²) in [4.78, 5) is 13.9. The molecule has 1 unspecified atom stereocenters. The van der Waals surface area contributed by atoms with Crippen LogP contribution in [0.15, 0.2) is 12.4 Å². The van der Waals surface area contributed by atoms with E-state index in [2.05, 4.69) is 5.10 Å².